The molecule has 2 rings (SSSR count). The molecule has 1 heterocycles. The number of benzene rings is 1. The largest absolute Gasteiger partial charge is 0.398 e. The highest BCUT2D eigenvalue weighted by Gasteiger charge is 2.27. The first-order chi connectivity index (χ1) is 11.2. The van der Waals surface area contributed by atoms with Crippen molar-refractivity contribution in [3.05, 3.63) is 47.4 Å². The first-order valence-electron chi connectivity index (χ1n) is 6.69. The maximum absolute atomic E-state index is 14.0. The van der Waals surface area contributed by atoms with Crippen LogP contribution in [-0.2, 0) is 0 Å². The number of pyridine rings is 1. The Hall–Kier alpha value is -2.29. The van der Waals surface area contributed by atoms with Crippen molar-refractivity contribution < 1.29 is 22.4 Å². The minimum atomic E-state index is -4.35. The Morgan fingerprint density at radius 2 is 2.08 bits per heavy atom. The van der Waals surface area contributed by atoms with E-state index < -0.39 is 23.7 Å². The lowest BCUT2D eigenvalue weighted by atomic mass is 10.2. The average Bonchev–Trinajstić information content (AvgIpc) is 2.48. The Bertz CT molecular complexity index is 765. The number of carbonyl (C=O) groups excluding carboxylic acids is 1. The van der Waals surface area contributed by atoms with Crippen LogP contribution in [0.2, 0.25) is 0 Å². The number of nitrogens with one attached hydrogen (secondary N) is 1. The number of hydrogen-bond acceptors (Lipinski definition) is 4. The van der Waals surface area contributed by atoms with E-state index in [9.17, 15) is 22.4 Å². The first kappa shape index (κ1) is 18.1. The zero-order valence-electron chi connectivity index (χ0n) is 12.4. The molecule has 9 heteroatoms. The molecule has 128 valence electrons. The second-order valence-electron chi connectivity index (χ2n) is 4.89. The highest BCUT2D eigenvalue weighted by molar-refractivity contribution is 7.99. The van der Waals surface area contributed by atoms with Crippen LogP contribution in [0.3, 0.4) is 0 Å². The zero-order chi connectivity index (χ0) is 17.9. The summed E-state index contributed by atoms with van der Waals surface area (Å²) in [5, 5.41) is 2.30. The van der Waals surface area contributed by atoms with Gasteiger partial charge in [0.15, 0.2) is 0 Å². The molecular formula is C15H13F4N3OS. The van der Waals surface area contributed by atoms with Crippen molar-refractivity contribution in [3.8, 4) is 0 Å². The fourth-order valence-electron chi connectivity index (χ4n) is 1.86. The van der Waals surface area contributed by atoms with Crippen LogP contribution in [0.5, 0.6) is 0 Å². The summed E-state index contributed by atoms with van der Waals surface area (Å²) in [6, 6.07) is 5.14. The number of thioether (sulfide) groups is 1. The molecule has 0 unspecified atom stereocenters. The zero-order valence-corrected chi connectivity index (χ0v) is 13.3. The maximum Gasteiger partial charge on any atom is 0.398 e. The van der Waals surface area contributed by atoms with Crippen molar-refractivity contribution in [1.82, 2.24) is 4.98 Å². The molecule has 2 aromatic rings. The normalized spacial score (nSPS) is 11.4. The summed E-state index contributed by atoms with van der Waals surface area (Å²) in [6.45, 7) is 1.49. The van der Waals surface area contributed by atoms with Gasteiger partial charge in [-0.15, -0.1) is 11.8 Å². The number of nitrogens with zero attached hydrogens (tertiary/aromatic N) is 1. The fourth-order valence-corrected chi connectivity index (χ4v) is 2.67. The topological polar surface area (TPSA) is 68.0 Å². The predicted octanol–water partition coefficient (Wildman–Crippen LogP) is 4.02. The predicted molar refractivity (Wildman–Crippen MR) is 84.5 cm³/mol. The number of anilines is 2. The second kappa shape index (κ2) is 7.08. The standard InChI is InChI=1S/C15H13F4N3OS/c1-8-5-10(16)11(6-12(8)24-7-15(17,18)19)22-14(23)9-3-2-4-21-13(9)20/h2-6H,7H2,1H3,(H2,20,21)(H,22,23). The van der Waals surface area contributed by atoms with Crippen molar-refractivity contribution in [2.75, 3.05) is 16.8 Å². The van der Waals surface area contributed by atoms with Gasteiger partial charge in [-0.2, -0.15) is 13.2 Å². The summed E-state index contributed by atoms with van der Waals surface area (Å²) >= 11 is 0.523. The van der Waals surface area contributed by atoms with Crippen LogP contribution in [-0.4, -0.2) is 22.8 Å². The van der Waals surface area contributed by atoms with E-state index >= 15 is 0 Å². The number of carbonyl (C=O) groups is 1. The molecule has 0 radical (unpaired) electrons. The van der Waals surface area contributed by atoms with Gasteiger partial charge in [0, 0.05) is 11.1 Å². The van der Waals surface area contributed by atoms with Crippen LogP contribution in [0.4, 0.5) is 29.1 Å². The Balaban J connectivity index is 2.24. The molecular weight excluding hydrogens is 346 g/mol. The van der Waals surface area contributed by atoms with Gasteiger partial charge in [0.05, 0.1) is 17.0 Å². The Labute approximate surface area is 139 Å². The summed E-state index contributed by atoms with van der Waals surface area (Å²) in [4.78, 5) is 16.1. The molecule has 0 saturated heterocycles. The Morgan fingerprint density at radius 1 is 1.38 bits per heavy atom. The smallest absolute Gasteiger partial charge is 0.383 e. The summed E-state index contributed by atoms with van der Waals surface area (Å²) in [5.74, 6) is -2.59. The monoisotopic (exact) mass is 359 g/mol. The van der Waals surface area contributed by atoms with Crippen molar-refractivity contribution >= 4 is 29.2 Å². The summed E-state index contributed by atoms with van der Waals surface area (Å²) in [5.41, 5.74) is 5.74. The molecule has 0 saturated carbocycles. The van der Waals surface area contributed by atoms with Gasteiger partial charge < -0.3 is 11.1 Å². The molecule has 1 amide bonds. The summed E-state index contributed by atoms with van der Waals surface area (Å²) < 4.78 is 51.0. The van der Waals surface area contributed by atoms with E-state index in [2.05, 4.69) is 10.3 Å². The maximum atomic E-state index is 14.0. The number of nitrogen functional groups attached to an aromatic ring is 1. The fraction of sp³-hybridized carbons (Fsp3) is 0.200. The molecule has 0 aliphatic heterocycles. The van der Waals surface area contributed by atoms with Crippen molar-refractivity contribution in [2.45, 2.75) is 18.0 Å². The van der Waals surface area contributed by atoms with E-state index in [1.54, 1.807) is 0 Å². The average molecular weight is 359 g/mol. The van der Waals surface area contributed by atoms with Crippen LogP contribution in [0.1, 0.15) is 15.9 Å². The van der Waals surface area contributed by atoms with Gasteiger partial charge in [-0.3, -0.25) is 4.79 Å². The molecule has 24 heavy (non-hydrogen) atoms. The Kier molecular flexibility index (Phi) is 5.33. The quantitative estimate of drug-likeness (QED) is 0.639. The van der Waals surface area contributed by atoms with Gasteiger partial charge in [0.25, 0.3) is 5.91 Å². The third-order valence-electron chi connectivity index (χ3n) is 2.99. The lowest BCUT2D eigenvalue weighted by Crippen LogP contribution is -2.16. The molecule has 4 nitrogen and oxygen atoms in total. The van der Waals surface area contributed by atoms with Crippen LogP contribution >= 0.6 is 11.8 Å². The minimum absolute atomic E-state index is 0.0332. The second-order valence-corrected chi connectivity index (χ2v) is 5.91. The van der Waals surface area contributed by atoms with E-state index in [4.69, 9.17) is 5.73 Å². The minimum Gasteiger partial charge on any atom is -0.383 e. The number of rotatable bonds is 4. The van der Waals surface area contributed by atoms with Crippen LogP contribution in [0, 0.1) is 12.7 Å². The summed E-state index contributed by atoms with van der Waals surface area (Å²) in [6.07, 6.45) is -2.95. The van der Waals surface area contributed by atoms with Crippen molar-refractivity contribution in [1.29, 1.82) is 0 Å². The van der Waals surface area contributed by atoms with Crippen molar-refractivity contribution in [2.24, 2.45) is 0 Å². The van der Waals surface area contributed by atoms with Crippen LogP contribution in [0.15, 0.2) is 35.4 Å². The summed E-state index contributed by atoms with van der Waals surface area (Å²) in [7, 11) is 0. The number of alkyl halides is 3. The molecule has 0 atom stereocenters. The highest BCUT2D eigenvalue weighted by atomic mass is 32.2. The third-order valence-corrected chi connectivity index (χ3v) is 4.21. The molecule has 0 aliphatic carbocycles. The number of amides is 1. The molecule has 0 spiro atoms. The van der Waals surface area contributed by atoms with Gasteiger partial charge >= 0.3 is 6.18 Å². The molecule has 0 bridgehead atoms. The third kappa shape index (κ3) is 4.60. The number of halogens is 4. The van der Waals surface area contributed by atoms with Crippen LogP contribution in [0.25, 0.3) is 0 Å². The molecule has 1 aromatic heterocycles. The van der Waals surface area contributed by atoms with E-state index in [0.29, 0.717) is 17.3 Å². The van der Waals surface area contributed by atoms with E-state index in [-0.39, 0.29) is 22.0 Å². The Morgan fingerprint density at radius 3 is 2.71 bits per heavy atom. The number of hydrogen-bond donors (Lipinski definition) is 2. The van der Waals surface area contributed by atoms with Gasteiger partial charge in [-0.05, 0) is 36.8 Å². The molecule has 0 fully saturated rings. The van der Waals surface area contributed by atoms with Gasteiger partial charge in [0.1, 0.15) is 11.6 Å². The van der Waals surface area contributed by atoms with Gasteiger partial charge in [0.2, 0.25) is 0 Å². The van der Waals surface area contributed by atoms with E-state index in [1.165, 1.54) is 31.3 Å². The molecule has 1 aromatic carbocycles. The molecule has 0 aliphatic rings. The van der Waals surface area contributed by atoms with Crippen molar-refractivity contribution in [3.63, 3.8) is 0 Å². The first-order valence-corrected chi connectivity index (χ1v) is 7.67. The lowest BCUT2D eigenvalue weighted by Gasteiger charge is -2.13. The molecule has 3 N–H and O–H groups in total. The highest BCUT2D eigenvalue weighted by Crippen LogP contribution is 2.32. The van der Waals surface area contributed by atoms with Crippen LogP contribution < -0.4 is 11.1 Å². The van der Waals surface area contributed by atoms with E-state index in [0.717, 1.165) is 6.07 Å². The number of nitrogens with two attached hydrogens (primary N) is 1. The van der Waals surface area contributed by atoms with E-state index in [1.807, 2.05) is 0 Å². The van der Waals surface area contributed by atoms with Gasteiger partial charge in [-0.25, -0.2) is 9.37 Å². The lowest BCUT2D eigenvalue weighted by molar-refractivity contribution is -0.105. The number of aryl methyl sites for hydroxylation is 1. The van der Waals surface area contributed by atoms with Gasteiger partial charge in [-0.1, -0.05) is 0 Å². The number of aromatic nitrogens is 1. The SMILES string of the molecule is Cc1cc(F)c(NC(=O)c2cccnc2N)cc1SCC(F)(F)F.